The molecule has 0 saturated heterocycles. The van der Waals surface area contributed by atoms with Crippen molar-refractivity contribution < 1.29 is 22.7 Å². The van der Waals surface area contributed by atoms with E-state index in [2.05, 4.69) is 5.32 Å². The lowest BCUT2D eigenvalue weighted by atomic mass is 10.1. The van der Waals surface area contributed by atoms with Crippen LogP contribution in [0, 0.1) is 0 Å². The predicted molar refractivity (Wildman–Crippen MR) is 97.7 cm³/mol. The topological polar surface area (TPSA) is 38.3 Å². The van der Waals surface area contributed by atoms with Crippen LogP contribution in [0.2, 0.25) is 0 Å². The molecule has 0 spiro atoms. The highest BCUT2D eigenvalue weighted by Crippen LogP contribution is 2.30. The van der Waals surface area contributed by atoms with Crippen LogP contribution in [0.4, 0.5) is 13.2 Å². The third kappa shape index (κ3) is 5.10. The molecule has 7 heteroatoms. The summed E-state index contributed by atoms with van der Waals surface area (Å²) in [6.45, 7) is -0.292. The SMILES string of the molecule is O=C(COc1ccc(C(F)(F)F)cc1)NC(c1ccccc1)c1cccs1. The second kappa shape index (κ2) is 8.26. The predicted octanol–water partition coefficient (Wildman–Crippen LogP) is 5.05. The summed E-state index contributed by atoms with van der Waals surface area (Å²) in [5, 5.41) is 4.83. The monoisotopic (exact) mass is 391 g/mol. The van der Waals surface area contributed by atoms with Crippen molar-refractivity contribution in [3.05, 3.63) is 88.1 Å². The van der Waals surface area contributed by atoms with Crippen molar-refractivity contribution in [3.8, 4) is 5.75 Å². The third-order valence-electron chi connectivity index (χ3n) is 3.82. The molecule has 3 rings (SSSR count). The minimum Gasteiger partial charge on any atom is -0.484 e. The summed E-state index contributed by atoms with van der Waals surface area (Å²) in [5.41, 5.74) is 0.170. The average molecular weight is 391 g/mol. The van der Waals surface area contributed by atoms with Crippen LogP contribution in [0.3, 0.4) is 0 Å². The first-order valence-electron chi connectivity index (χ1n) is 8.11. The molecule has 3 nitrogen and oxygen atoms in total. The van der Waals surface area contributed by atoms with E-state index in [4.69, 9.17) is 4.74 Å². The number of nitrogens with one attached hydrogen (secondary N) is 1. The highest BCUT2D eigenvalue weighted by atomic mass is 32.1. The van der Waals surface area contributed by atoms with Crippen LogP contribution in [-0.4, -0.2) is 12.5 Å². The number of rotatable bonds is 6. The maximum Gasteiger partial charge on any atom is 0.416 e. The van der Waals surface area contributed by atoms with Gasteiger partial charge in [-0.05, 0) is 41.3 Å². The summed E-state index contributed by atoms with van der Waals surface area (Å²) in [7, 11) is 0. The van der Waals surface area contributed by atoms with E-state index >= 15 is 0 Å². The molecule has 0 saturated carbocycles. The van der Waals surface area contributed by atoms with Crippen LogP contribution in [-0.2, 0) is 11.0 Å². The summed E-state index contributed by atoms with van der Waals surface area (Å²) >= 11 is 1.52. The Hall–Kier alpha value is -2.80. The molecule has 1 N–H and O–H groups in total. The van der Waals surface area contributed by atoms with Gasteiger partial charge in [-0.25, -0.2) is 0 Å². The van der Waals surface area contributed by atoms with E-state index in [1.54, 1.807) is 0 Å². The van der Waals surface area contributed by atoms with Gasteiger partial charge in [0.1, 0.15) is 5.75 Å². The highest BCUT2D eigenvalue weighted by molar-refractivity contribution is 7.10. The van der Waals surface area contributed by atoms with Crippen LogP contribution in [0.5, 0.6) is 5.75 Å². The first-order chi connectivity index (χ1) is 12.9. The summed E-state index contributed by atoms with van der Waals surface area (Å²) in [4.78, 5) is 13.3. The summed E-state index contributed by atoms with van der Waals surface area (Å²) in [6.07, 6.45) is -4.40. The molecule has 0 radical (unpaired) electrons. The molecule has 1 heterocycles. The Balaban J connectivity index is 1.63. The van der Waals surface area contributed by atoms with Gasteiger partial charge in [0.05, 0.1) is 11.6 Å². The largest absolute Gasteiger partial charge is 0.484 e. The van der Waals surface area contributed by atoms with Gasteiger partial charge in [0.2, 0.25) is 0 Å². The second-order valence-corrected chi connectivity index (χ2v) is 6.72. The van der Waals surface area contributed by atoms with Gasteiger partial charge in [-0.2, -0.15) is 13.2 Å². The van der Waals surface area contributed by atoms with Crippen LogP contribution in [0.1, 0.15) is 22.0 Å². The number of alkyl halides is 3. The van der Waals surface area contributed by atoms with Gasteiger partial charge >= 0.3 is 6.18 Å². The number of hydrogen-bond acceptors (Lipinski definition) is 3. The first kappa shape index (κ1) is 19.0. The lowest BCUT2D eigenvalue weighted by Gasteiger charge is -2.18. The van der Waals surface area contributed by atoms with E-state index in [9.17, 15) is 18.0 Å². The number of carbonyl (C=O) groups excluding carboxylic acids is 1. The Morgan fingerprint density at radius 2 is 1.70 bits per heavy atom. The minimum atomic E-state index is -4.40. The van der Waals surface area contributed by atoms with E-state index in [0.29, 0.717) is 0 Å². The standard InChI is InChI=1S/C20H16F3NO2S/c21-20(22,23)15-8-10-16(11-9-15)26-13-18(25)24-19(17-7-4-12-27-17)14-5-2-1-3-6-14/h1-12,19H,13H2,(H,24,25). The quantitative estimate of drug-likeness (QED) is 0.639. The van der Waals surface area contributed by atoms with E-state index in [-0.39, 0.29) is 24.3 Å². The number of benzene rings is 2. The number of thiophene rings is 1. The highest BCUT2D eigenvalue weighted by Gasteiger charge is 2.30. The van der Waals surface area contributed by atoms with Crippen molar-refractivity contribution >= 4 is 17.2 Å². The van der Waals surface area contributed by atoms with Crippen molar-refractivity contribution in [2.45, 2.75) is 12.2 Å². The van der Waals surface area contributed by atoms with Crippen molar-refractivity contribution in [2.75, 3.05) is 6.61 Å². The van der Waals surface area contributed by atoms with E-state index < -0.39 is 11.7 Å². The fourth-order valence-corrected chi connectivity index (χ4v) is 3.31. The van der Waals surface area contributed by atoms with Crippen LogP contribution >= 0.6 is 11.3 Å². The number of carbonyl (C=O) groups is 1. The van der Waals surface area contributed by atoms with Gasteiger partial charge in [-0.3, -0.25) is 4.79 Å². The van der Waals surface area contributed by atoms with Crippen molar-refractivity contribution in [1.82, 2.24) is 5.32 Å². The Bertz CT molecular complexity index is 863. The van der Waals surface area contributed by atoms with Crippen LogP contribution < -0.4 is 10.1 Å². The molecule has 0 fully saturated rings. The fourth-order valence-electron chi connectivity index (χ4n) is 2.51. The first-order valence-corrected chi connectivity index (χ1v) is 8.99. The van der Waals surface area contributed by atoms with Crippen molar-refractivity contribution in [2.24, 2.45) is 0 Å². The minimum absolute atomic E-state index is 0.200. The van der Waals surface area contributed by atoms with E-state index in [1.165, 1.54) is 23.5 Å². The maximum absolute atomic E-state index is 12.6. The number of ether oxygens (including phenoxy) is 1. The van der Waals surface area contributed by atoms with Crippen LogP contribution in [0.15, 0.2) is 72.1 Å². The normalized spacial score (nSPS) is 12.4. The Morgan fingerprint density at radius 1 is 1.00 bits per heavy atom. The van der Waals surface area contributed by atoms with E-state index in [0.717, 1.165) is 22.6 Å². The van der Waals surface area contributed by atoms with Crippen LogP contribution in [0.25, 0.3) is 0 Å². The number of amides is 1. The smallest absolute Gasteiger partial charge is 0.416 e. The second-order valence-electron chi connectivity index (χ2n) is 5.74. The molecule has 0 bridgehead atoms. The van der Waals surface area contributed by atoms with Gasteiger partial charge in [-0.1, -0.05) is 36.4 Å². The van der Waals surface area contributed by atoms with Gasteiger partial charge in [0.25, 0.3) is 5.91 Å². The Labute approximate surface area is 158 Å². The molecule has 1 unspecified atom stereocenters. The molecule has 1 atom stereocenters. The van der Waals surface area contributed by atoms with Gasteiger partial charge < -0.3 is 10.1 Å². The fraction of sp³-hybridized carbons (Fsp3) is 0.150. The summed E-state index contributed by atoms with van der Waals surface area (Å²) < 4.78 is 43.0. The average Bonchev–Trinajstić information content (AvgIpc) is 3.19. The molecule has 0 aliphatic heterocycles. The van der Waals surface area contributed by atoms with Crippen molar-refractivity contribution in [1.29, 1.82) is 0 Å². The number of hydrogen-bond donors (Lipinski definition) is 1. The Morgan fingerprint density at radius 3 is 2.30 bits per heavy atom. The molecule has 1 amide bonds. The lowest BCUT2D eigenvalue weighted by Crippen LogP contribution is -2.32. The molecule has 1 aromatic heterocycles. The molecule has 140 valence electrons. The maximum atomic E-state index is 12.6. The Kier molecular flexibility index (Phi) is 5.81. The molecule has 3 aromatic rings. The van der Waals surface area contributed by atoms with Gasteiger partial charge in [-0.15, -0.1) is 11.3 Å². The molecular weight excluding hydrogens is 375 g/mol. The summed E-state index contributed by atoms with van der Waals surface area (Å²) in [5.74, 6) is -0.164. The zero-order valence-corrected chi connectivity index (χ0v) is 14.9. The third-order valence-corrected chi connectivity index (χ3v) is 4.75. The zero-order chi connectivity index (χ0) is 19.3. The summed E-state index contributed by atoms with van der Waals surface area (Å²) in [6, 6.07) is 17.3. The molecule has 0 aliphatic carbocycles. The van der Waals surface area contributed by atoms with E-state index in [1.807, 2.05) is 47.8 Å². The van der Waals surface area contributed by atoms with Crippen molar-refractivity contribution in [3.63, 3.8) is 0 Å². The van der Waals surface area contributed by atoms with Gasteiger partial charge in [0, 0.05) is 4.88 Å². The molecular formula is C20H16F3NO2S. The lowest BCUT2D eigenvalue weighted by molar-refractivity contribution is -0.137. The molecule has 2 aromatic carbocycles. The number of halogens is 3. The van der Waals surface area contributed by atoms with Gasteiger partial charge in [0.15, 0.2) is 6.61 Å². The zero-order valence-electron chi connectivity index (χ0n) is 14.1. The molecule has 27 heavy (non-hydrogen) atoms. The molecule has 0 aliphatic rings.